The fourth-order valence-corrected chi connectivity index (χ4v) is 3.88. The van der Waals surface area contributed by atoms with Gasteiger partial charge in [0.05, 0.1) is 18.2 Å². The molecule has 0 saturated carbocycles. The summed E-state index contributed by atoms with van der Waals surface area (Å²) in [7, 11) is 1.58. The van der Waals surface area contributed by atoms with Crippen LogP contribution in [0.4, 0.5) is 5.82 Å². The van der Waals surface area contributed by atoms with Gasteiger partial charge >= 0.3 is 5.97 Å². The van der Waals surface area contributed by atoms with Crippen LogP contribution in [0, 0.1) is 0 Å². The summed E-state index contributed by atoms with van der Waals surface area (Å²) in [4.78, 5) is 24.3. The van der Waals surface area contributed by atoms with E-state index in [-0.39, 0.29) is 12.5 Å². The van der Waals surface area contributed by atoms with Crippen LogP contribution in [0.5, 0.6) is 5.75 Å². The minimum Gasteiger partial charge on any atom is -0.496 e. The molecule has 0 spiro atoms. The van der Waals surface area contributed by atoms with E-state index in [0.717, 1.165) is 36.8 Å². The van der Waals surface area contributed by atoms with Gasteiger partial charge in [-0.05, 0) is 37.1 Å². The number of esters is 1. The molecule has 8 heteroatoms. The van der Waals surface area contributed by atoms with Gasteiger partial charge in [0.25, 0.3) is 5.89 Å². The third-order valence-electron chi connectivity index (χ3n) is 5.47. The topological polar surface area (TPSA) is 90.6 Å². The summed E-state index contributed by atoms with van der Waals surface area (Å²) in [5.74, 6) is 1.40. The van der Waals surface area contributed by atoms with E-state index in [0.29, 0.717) is 28.5 Å². The maximum Gasteiger partial charge on any atom is 0.342 e. The standard InChI is InChI=1S/C24H22N4O4/c1-30-20-11-5-3-9-17(20)22-26-21(32-27-22)15-31-24(29)18-14-16-8-2-4-10-19(16)25-23(18)28-12-6-7-13-28/h2-5,8-11,14H,6-7,12-13,15H2,1H3. The predicted octanol–water partition coefficient (Wildman–Crippen LogP) is 4.25. The summed E-state index contributed by atoms with van der Waals surface area (Å²) in [6.45, 7) is 1.61. The van der Waals surface area contributed by atoms with Crippen molar-refractivity contribution in [1.29, 1.82) is 0 Å². The zero-order valence-corrected chi connectivity index (χ0v) is 17.7. The summed E-state index contributed by atoms with van der Waals surface area (Å²) in [6, 6.07) is 17.0. The van der Waals surface area contributed by atoms with E-state index in [4.69, 9.17) is 19.0 Å². The molecule has 0 bridgehead atoms. The first kappa shape index (κ1) is 20.0. The number of benzene rings is 2. The Bertz CT molecular complexity index is 1260. The minimum absolute atomic E-state index is 0.132. The monoisotopic (exact) mass is 430 g/mol. The number of hydrogen-bond donors (Lipinski definition) is 0. The number of ether oxygens (including phenoxy) is 2. The summed E-state index contributed by atoms with van der Waals surface area (Å²) in [5, 5.41) is 4.88. The number of fused-ring (bicyclic) bond motifs is 1. The molecule has 3 heterocycles. The number of anilines is 1. The normalized spacial score (nSPS) is 13.5. The average molecular weight is 430 g/mol. The van der Waals surface area contributed by atoms with Crippen LogP contribution in [-0.4, -0.2) is 41.3 Å². The molecule has 32 heavy (non-hydrogen) atoms. The van der Waals surface area contributed by atoms with Crippen LogP contribution in [0.15, 0.2) is 59.1 Å². The molecule has 0 N–H and O–H groups in total. The van der Waals surface area contributed by atoms with Crippen molar-refractivity contribution in [2.45, 2.75) is 19.4 Å². The van der Waals surface area contributed by atoms with Crippen LogP contribution < -0.4 is 9.64 Å². The molecule has 5 rings (SSSR count). The number of carbonyl (C=O) groups is 1. The number of pyridine rings is 1. The van der Waals surface area contributed by atoms with Crippen molar-refractivity contribution in [2.24, 2.45) is 0 Å². The molecule has 0 amide bonds. The Balaban J connectivity index is 1.37. The van der Waals surface area contributed by atoms with Gasteiger partial charge in [-0.1, -0.05) is 35.5 Å². The predicted molar refractivity (Wildman–Crippen MR) is 119 cm³/mol. The maximum atomic E-state index is 13.0. The van der Waals surface area contributed by atoms with Crippen molar-refractivity contribution < 1.29 is 18.8 Å². The highest BCUT2D eigenvalue weighted by Crippen LogP contribution is 2.29. The van der Waals surface area contributed by atoms with Gasteiger partial charge < -0.3 is 18.9 Å². The van der Waals surface area contributed by atoms with Gasteiger partial charge in [-0.25, -0.2) is 9.78 Å². The largest absolute Gasteiger partial charge is 0.496 e. The molecule has 1 fully saturated rings. The highest BCUT2D eigenvalue weighted by Gasteiger charge is 2.24. The number of rotatable bonds is 6. The first-order chi connectivity index (χ1) is 15.7. The van der Waals surface area contributed by atoms with Crippen LogP contribution in [0.2, 0.25) is 0 Å². The number of methoxy groups -OCH3 is 1. The third-order valence-corrected chi connectivity index (χ3v) is 5.47. The lowest BCUT2D eigenvalue weighted by Gasteiger charge is -2.20. The van der Waals surface area contributed by atoms with E-state index >= 15 is 0 Å². The first-order valence-corrected chi connectivity index (χ1v) is 10.5. The fourth-order valence-electron chi connectivity index (χ4n) is 3.88. The van der Waals surface area contributed by atoms with Crippen molar-refractivity contribution in [2.75, 3.05) is 25.1 Å². The molecular weight excluding hydrogens is 408 g/mol. The van der Waals surface area contributed by atoms with Gasteiger partial charge in [-0.3, -0.25) is 0 Å². The summed E-state index contributed by atoms with van der Waals surface area (Å²) >= 11 is 0. The Kier molecular flexibility index (Phi) is 5.41. The second-order valence-electron chi connectivity index (χ2n) is 7.53. The number of nitrogens with zero attached hydrogens (tertiary/aromatic N) is 4. The zero-order valence-electron chi connectivity index (χ0n) is 17.7. The number of hydrogen-bond acceptors (Lipinski definition) is 8. The molecule has 0 atom stereocenters. The fraction of sp³-hybridized carbons (Fsp3) is 0.250. The van der Waals surface area contributed by atoms with E-state index in [1.165, 1.54) is 0 Å². The highest BCUT2D eigenvalue weighted by atomic mass is 16.6. The lowest BCUT2D eigenvalue weighted by molar-refractivity contribution is 0.0430. The SMILES string of the molecule is COc1ccccc1-c1noc(COC(=O)c2cc3ccccc3nc2N2CCCC2)n1. The lowest BCUT2D eigenvalue weighted by Crippen LogP contribution is -2.23. The maximum absolute atomic E-state index is 13.0. The van der Waals surface area contributed by atoms with Crippen LogP contribution in [-0.2, 0) is 11.3 Å². The quantitative estimate of drug-likeness (QED) is 0.419. The molecule has 1 saturated heterocycles. The summed E-state index contributed by atoms with van der Waals surface area (Å²) in [6.07, 6.45) is 2.16. The Morgan fingerprint density at radius 3 is 2.69 bits per heavy atom. The Labute approximate surface area is 184 Å². The number of carbonyl (C=O) groups excluding carboxylic acids is 1. The molecule has 162 valence electrons. The van der Waals surface area contributed by atoms with E-state index < -0.39 is 5.97 Å². The van der Waals surface area contributed by atoms with E-state index in [9.17, 15) is 4.79 Å². The smallest absolute Gasteiger partial charge is 0.342 e. The van der Waals surface area contributed by atoms with Crippen molar-refractivity contribution in [3.05, 3.63) is 66.1 Å². The van der Waals surface area contributed by atoms with Gasteiger partial charge in [-0.2, -0.15) is 4.98 Å². The molecular formula is C24H22N4O4. The van der Waals surface area contributed by atoms with Gasteiger partial charge in [0.15, 0.2) is 6.61 Å². The summed E-state index contributed by atoms with van der Waals surface area (Å²) in [5.41, 5.74) is 1.99. The van der Waals surface area contributed by atoms with Crippen molar-refractivity contribution in [3.8, 4) is 17.1 Å². The number of aromatic nitrogens is 3. The van der Waals surface area contributed by atoms with Crippen LogP contribution in [0.3, 0.4) is 0 Å². The highest BCUT2D eigenvalue weighted by molar-refractivity contribution is 5.99. The zero-order chi connectivity index (χ0) is 21.9. The molecule has 8 nitrogen and oxygen atoms in total. The lowest BCUT2D eigenvalue weighted by atomic mass is 10.1. The molecule has 2 aromatic carbocycles. The van der Waals surface area contributed by atoms with Gasteiger partial charge in [0.2, 0.25) is 5.82 Å². The Morgan fingerprint density at radius 2 is 1.84 bits per heavy atom. The van der Waals surface area contributed by atoms with Gasteiger partial charge in [0, 0.05) is 18.5 Å². The molecule has 1 aliphatic rings. The molecule has 1 aliphatic heterocycles. The Morgan fingerprint density at radius 1 is 1.06 bits per heavy atom. The average Bonchev–Trinajstić information content (AvgIpc) is 3.54. The molecule has 0 unspecified atom stereocenters. The van der Waals surface area contributed by atoms with E-state index in [1.54, 1.807) is 7.11 Å². The van der Waals surface area contributed by atoms with Gasteiger partial charge in [0.1, 0.15) is 17.1 Å². The van der Waals surface area contributed by atoms with Crippen LogP contribution in [0.25, 0.3) is 22.3 Å². The molecule has 2 aromatic heterocycles. The second-order valence-corrected chi connectivity index (χ2v) is 7.53. The minimum atomic E-state index is -0.470. The van der Waals surface area contributed by atoms with Crippen LogP contribution in [0.1, 0.15) is 29.1 Å². The van der Waals surface area contributed by atoms with E-state index in [2.05, 4.69) is 15.0 Å². The molecule has 0 aliphatic carbocycles. The Hall–Kier alpha value is -3.94. The third kappa shape index (κ3) is 3.87. The second kappa shape index (κ2) is 8.66. The first-order valence-electron chi connectivity index (χ1n) is 10.5. The molecule has 0 radical (unpaired) electrons. The summed E-state index contributed by atoms with van der Waals surface area (Å²) < 4.78 is 16.2. The van der Waals surface area contributed by atoms with Crippen molar-refractivity contribution >= 4 is 22.7 Å². The van der Waals surface area contributed by atoms with Crippen molar-refractivity contribution in [1.82, 2.24) is 15.1 Å². The van der Waals surface area contributed by atoms with Crippen molar-refractivity contribution in [3.63, 3.8) is 0 Å². The van der Waals surface area contributed by atoms with Crippen LogP contribution >= 0.6 is 0 Å². The number of para-hydroxylation sites is 2. The van der Waals surface area contributed by atoms with Gasteiger partial charge in [-0.15, -0.1) is 0 Å². The molecule has 4 aromatic rings. The van der Waals surface area contributed by atoms with E-state index in [1.807, 2.05) is 54.6 Å².